The van der Waals surface area contributed by atoms with Crippen LogP contribution in [-0.4, -0.2) is 34.2 Å². The van der Waals surface area contributed by atoms with Gasteiger partial charge in [-0.05, 0) is 44.4 Å². The van der Waals surface area contributed by atoms with Crippen LogP contribution in [0.4, 0.5) is 0 Å². The van der Waals surface area contributed by atoms with Gasteiger partial charge in [0.25, 0.3) is 5.91 Å². The lowest BCUT2D eigenvalue weighted by molar-refractivity contribution is 0.0574. The Labute approximate surface area is 152 Å². The van der Waals surface area contributed by atoms with E-state index in [0.29, 0.717) is 11.3 Å². The summed E-state index contributed by atoms with van der Waals surface area (Å²) < 4.78 is 13.0. The molecule has 0 radical (unpaired) electrons. The number of fused-ring (bicyclic) bond motifs is 1. The highest BCUT2D eigenvalue weighted by Gasteiger charge is 2.33. The lowest BCUT2D eigenvalue weighted by Gasteiger charge is -2.34. The van der Waals surface area contributed by atoms with E-state index in [1.54, 1.807) is 11.8 Å². The highest BCUT2D eigenvalue weighted by Crippen LogP contribution is 2.34. The van der Waals surface area contributed by atoms with E-state index in [2.05, 4.69) is 5.10 Å². The summed E-state index contributed by atoms with van der Waals surface area (Å²) in [5, 5.41) is 5.47. The van der Waals surface area contributed by atoms with Crippen molar-refractivity contribution >= 4 is 16.9 Å². The number of amides is 1. The largest absolute Gasteiger partial charge is 0.497 e. The molecule has 4 rings (SSSR count). The van der Waals surface area contributed by atoms with Gasteiger partial charge < -0.3 is 14.1 Å². The maximum atomic E-state index is 13.3. The maximum absolute atomic E-state index is 13.3. The first kappa shape index (κ1) is 16.7. The average Bonchev–Trinajstić information content (AvgIpc) is 3.24. The molecule has 136 valence electrons. The molecule has 0 bridgehead atoms. The number of furan rings is 1. The molecule has 6 heteroatoms. The Morgan fingerprint density at radius 2 is 2.15 bits per heavy atom. The molecule has 1 aliphatic heterocycles. The molecule has 1 aliphatic rings. The van der Waals surface area contributed by atoms with Crippen molar-refractivity contribution in [3.05, 3.63) is 47.5 Å². The summed E-state index contributed by atoms with van der Waals surface area (Å²) in [6.07, 6.45) is 4.95. The van der Waals surface area contributed by atoms with Gasteiger partial charge in [-0.1, -0.05) is 0 Å². The summed E-state index contributed by atoms with van der Waals surface area (Å²) in [6.45, 7) is 2.66. The fourth-order valence-corrected chi connectivity index (χ4v) is 3.76. The first-order valence-corrected chi connectivity index (χ1v) is 8.96. The number of carbonyl (C=O) groups is 1. The zero-order valence-corrected chi connectivity index (χ0v) is 15.4. The van der Waals surface area contributed by atoms with Crippen molar-refractivity contribution in [2.75, 3.05) is 13.7 Å². The van der Waals surface area contributed by atoms with Gasteiger partial charge in [0.2, 0.25) is 0 Å². The molecule has 1 atom stereocenters. The van der Waals surface area contributed by atoms with Gasteiger partial charge in [-0.3, -0.25) is 9.48 Å². The Kier molecular flexibility index (Phi) is 4.18. The van der Waals surface area contributed by atoms with Crippen molar-refractivity contribution in [1.29, 1.82) is 0 Å². The molecular weight excluding hydrogens is 330 g/mol. The predicted octanol–water partition coefficient (Wildman–Crippen LogP) is 3.85. The van der Waals surface area contributed by atoms with Crippen molar-refractivity contribution in [1.82, 2.24) is 14.7 Å². The van der Waals surface area contributed by atoms with E-state index in [4.69, 9.17) is 9.15 Å². The fourth-order valence-electron chi connectivity index (χ4n) is 3.76. The number of hydrogen-bond acceptors (Lipinski definition) is 4. The molecule has 1 saturated heterocycles. The second-order valence-electron chi connectivity index (χ2n) is 6.84. The van der Waals surface area contributed by atoms with Gasteiger partial charge >= 0.3 is 0 Å². The molecule has 1 amide bonds. The van der Waals surface area contributed by atoms with Crippen molar-refractivity contribution in [3.8, 4) is 5.75 Å². The minimum Gasteiger partial charge on any atom is -0.497 e. The third-order valence-corrected chi connectivity index (χ3v) is 5.18. The van der Waals surface area contributed by atoms with E-state index in [9.17, 15) is 4.79 Å². The highest BCUT2D eigenvalue weighted by molar-refractivity contribution is 5.99. The SMILES string of the molecule is COc1ccc2c(C)c(C(=O)N3CCCC[C@@H]3c3ccn(C)n3)oc2c1. The zero-order chi connectivity index (χ0) is 18.3. The van der Waals surface area contributed by atoms with Crippen LogP contribution in [0.25, 0.3) is 11.0 Å². The van der Waals surface area contributed by atoms with Gasteiger partial charge in [-0.25, -0.2) is 0 Å². The Balaban J connectivity index is 1.71. The molecule has 6 nitrogen and oxygen atoms in total. The van der Waals surface area contributed by atoms with Crippen LogP contribution in [0.15, 0.2) is 34.9 Å². The van der Waals surface area contributed by atoms with Crippen LogP contribution in [-0.2, 0) is 7.05 Å². The molecule has 1 fully saturated rings. The Hall–Kier alpha value is -2.76. The number of aryl methyl sites for hydroxylation is 2. The molecule has 2 aromatic heterocycles. The fraction of sp³-hybridized carbons (Fsp3) is 0.400. The molecule has 26 heavy (non-hydrogen) atoms. The van der Waals surface area contributed by atoms with Gasteiger partial charge in [0, 0.05) is 36.8 Å². The lowest BCUT2D eigenvalue weighted by atomic mass is 9.98. The van der Waals surface area contributed by atoms with E-state index in [-0.39, 0.29) is 11.9 Å². The van der Waals surface area contributed by atoms with Gasteiger partial charge in [-0.15, -0.1) is 0 Å². The molecule has 0 aliphatic carbocycles. The van der Waals surface area contributed by atoms with Gasteiger partial charge in [0.05, 0.1) is 18.8 Å². The van der Waals surface area contributed by atoms with E-state index >= 15 is 0 Å². The molecule has 1 aromatic carbocycles. The van der Waals surface area contributed by atoms with Crippen LogP contribution >= 0.6 is 0 Å². The number of ether oxygens (including phenoxy) is 1. The Bertz CT molecular complexity index is 957. The van der Waals surface area contributed by atoms with Crippen LogP contribution in [0.1, 0.15) is 47.1 Å². The number of hydrogen-bond donors (Lipinski definition) is 0. The summed E-state index contributed by atoms with van der Waals surface area (Å²) in [5.74, 6) is 1.07. The van der Waals surface area contributed by atoms with Crippen molar-refractivity contribution in [2.45, 2.75) is 32.2 Å². The number of carbonyl (C=O) groups excluding carboxylic acids is 1. The minimum atomic E-state index is -0.0620. The van der Waals surface area contributed by atoms with Crippen molar-refractivity contribution in [3.63, 3.8) is 0 Å². The topological polar surface area (TPSA) is 60.5 Å². The molecule has 0 unspecified atom stereocenters. The lowest BCUT2D eigenvalue weighted by Crippen LogP contribution is -2.38. The molecule has 0 spiro atoms. The second kappa shape index (κ2) is 6.52. The summed E-state index contributed by atoms with van der Waals surface area (Å²) >= 11 is 0. The van der Waals surface area contributed by atoms with E-state index < -0.39 is 0 Å². The maximum Gasteiger partial charge on any atom is 0.290 e. The molecule has 3 heterocycles. The average molecular weight is 353 g/mol. The number of benzene rings is 1. The zero-order valence-electron chi connectivity index (χ0n) is 15.4. The normalized spacial score (nSPS) is 17.7. The van der Waals surface area contributed by atoms with Crippen LogP contribution < -0.4 is 4.74 Å². The van der Waals surface area contributed by atoms with Gasteiger partial charge in [-0.2, -0.15) is 5.10 Å². The molecule has 0 saturated carbocycles. The number of methoxy groups -OCH3 is 1. The summed E-state index contributed by atoms with van der Waals surface area (Å²) in [6, 6.07) is 7.64. The van der Waals surface area contributed by atoms with Crippen LogP contribution in [0, 0.1) is 6.92 Å². The summed E-state index contributed by atoms with van der Waals surface area (Å²) in [7, 11) is 3.52. The van der Waals surface area contributed by atoms with Crippen LogP contribution in [0.2, 0.25) is 0 Å². The molecular formula is C20H23N3O3. The van der Waals surface area contributed by atoms with Crippen LogP contribution in [0.3, 0.4) is 0 Å². The second-order valence-corrected chi connectivity index (χ2v) is 6.84. The summed E-state index contributed by atoms with van der Waals surface area (Å²) in [4.78, 5) is 15.2. The first-order valence-electron chi connectivity index (χ1n) is 8.96. The number of likely N-dealkylation sites (tertiary alicyclic amines) is 1. The summed E-state index contributed by atoms with van der Waals surface area (Å²) in [5.41, 5.74) is 2.49. The molecule has 0 N–H and O–H groups in total. The standard InChI is InChI=1S/C20H23N3O3/c1-13-15-8-7-14(25-3)12-18(15)26-19(13)20(24)23-10-5-4-6-17(23)16-9-11-22(2)21-16/h7-9,11-12,17H,4-6,10H2,1-3H3/t17-/m1/s1. The number of rotatable bonds is 3. The number of piperidine rings is 1. The predicted molar refractivity (Wildman–Crippen MR) is 98.3 cm³/mol. The third kappa shape index (κ3) is 2.75. The number of nitrogens with zero attached hydrogens (tertiary/aromatic N) is 3. The highest BCUT2D eigenvalue weighted by atomic mass is 16.5. The minimum absolute atomic E-state index is 0.000372. The van der Waals surface area contributed by atoms with Gasteiger partial charge in [0.15, 0.2) is 5.76 Å². The van der Waals surface area contributed by atoms with Gasteiger partial charge in [0.1, 0.15) is 11.3 Å². The van der Waals surface area contributed by atoms with E-state index in [1.165, 1.54) is 0 Å². The van der Waals surface area contributed by atoms with Crippen molar-refractivity contribution in [2.24, 2.45) is 7.05 Å². The molecule has 3 aromatic rings. The third-order valence-electron chi connectivity index (χ3n) is 5.18. The van der Waals surface area contributed by atoms with Crippen LogP contribution in [0.5, 0.6) is 5.75 Å². The Morgan fingerprint density at radius 3 is 2.88 bits per heavy atom. The number of aromatic nitrogens is 2. The van der Waals surface area contributed by atoms with Crippen molar-refractivity contribution < 1.29 is 13.9 Å². The van der Waals surface area contributed by atoms with E-state index in [1.807, 2.05) is 49.3 Å². The van der Waals surface area contributed by atoms with E-state index in [0.717, 1.165) is 48.2 Å². The smallest absolute Gasteiger partial charge is 0.290 e. The monoisotopic (exact) mass is 353 g/mol. The quantitative estimate of drug-likeness (QED) is 0.717. The first-order chi connectivity index (χ1) is 12.6. The Morgan fingerprint density at radius 1 is 1.31 bits per heavy atom.